The molecule has 124 valence electrons. The zero-order valence-electron chi connectivity index (χ0n) is 14.0. The predicted octanol–water partition coefficient (Wildman–Crippen LogP) is 1.51. The van der Waals surface area contributed by atoms with Gasteiger partial charge in [-0.1, -0.05) is 32.0 Å². The number of benzene rings is 1. The van der Waals surface area contributed by atoms with E-state index < -0.39 is 0 Å². The molecule has 1 N–H and O–H groups in total. The van der Waals surface area contributed by atoms with Crippen molar-refractivity contribution in [3.05, 3.63) is 29.8 Å². The van der Waals surface area contributed by atoms with Gasteiger partial charge in [0.2, 0.25) is 0 Å². The van der Waals surface area contributed by atoms with Crippen LogP contribution in [0.5, 0.6) is 5.75 Å². The van der Waals surface area contributed by atoms with Gasteiger partial charge < -0.3 is 19.1 Å². The third-order valence-corrected chi connectivity index (χ3v) is 4.35. The van der Waals surface area contributed by atoms with Gasteiger partial charge in [0.05, 0.1) is 26.4 Å². The molecule has 22 heavy (non-hydrogen) atoms. The number of hydrogen-bond donors (Lipinski definition) is 1. The first-order valence-corrected chi connectivity index (χ1v) is 8.52. The van der Waals surface area contributed by atoms with Crippen molar-refractivity contribution in [1.82, 2.24) is 0 Å². The molecule has 1 aliphatic rings. The monoisotopic (exact) mass is 308 g/mol. The van der Waals surface area contributed by atoms with Gasteiger partial charge in [-0.05, 0) is 24.0 Å². The van der Waals surface area contributed by atoms with Gasteiger partial charge in [0.25, 0.3) is 0 Å². The molecule has 1 aromatic carbocycles. The molecule has 4 nitrogen and oxygen atoms in total. The maximum absolute atomic E-state index is 5.90. The third-order valence-electron chi connectivity index (χ3n) is 4.35. The van der Waals surface area contributed by atoms with Crippen molar-refractivity contribution >= 4 is 0 Å². The van der Waals surface area contributed by atoms with Gasteiger partial charge in [0.15, 0.2) is 0 Å². The second-order valence-electron chi connectivity index (χ2n) is 5.92. The highest BCUT2D eigenvalue weighted by molar-refractivity contribution is 5.35. The topological polar surface area (TPSA) is 32.1 Å². The molecule has 0 saturated carbocycles. The number of rotatable bonds is 9. The lowest BCUT2D eigenvalue weighted by molar-refractivity contribution is -0.908. The molecule has 2 rings (SSSR count). The third kappa shape index (κ3) is 5.59. The van der Waals surface area contributed by atoms with Crippen molar-refractivity contribution in [2.45, 2.75) is 26.2 Å². The zero-order chi connectivity index (χ0) is 15.6. The lowest BCUT2D eigenvalue weighted by Gasteiger charge is -2.23. The lowest BCUT2D eigenvalue weighted by Crippen LogP contribution is -3.14. The van der Waals surface area contributed by atoms with Crippen LogP contribution in [0.3, 0.4) is 0 Å². The molecule has 0 bridgehead atoms. The maximum Gasteiger partial charge on any atom is 0.122 e. The van der Waals surface area contributed by atoms with Gasteiger partial charge in [-0.3, -0.25) is 0 Å². The van der Waals surface area contributed by atoms with E-state index in [4.69, 9.17) is 14.2 Å². The highest BCUT2D eigenvalue weighted by Gasteiger charge is 2.13. The van der Waals surface area contributed by atoms with Crippen LogP contribution in [0.4, 0.5) is 0 Å². The zero-order valence-corrected chi connectivity index (χ0v) is 14.0. The molecule has 0 aromatic heterocycles. The summed E-state index contributed by atoms with van der Waals surface area (Å²) in [7, 11) is 0. The summed E-state index contributed by atoms with van der Waals surface area (Å²) in [6.45, 7) is 11.5. The van der Waals surface area contributed by atoms with Gasteiger partial charge in [-0.2, -0.15) is 0 Å². The van der Waals surface area contributed by atoms with Crippen LogP contribution >= 0.6 is 0 Å². The Hall–Kier alpha value is -1.10. The molecule has 0 spiro atoms. The first-order chi connectivity index (χ1) is 10.8. The molecule has 4 heteroatoms. The number of ether oxygens (including phenoxy) is 3. The Labute approximate surface area is 134 Å². The Morgan fingerprint density at radius 1 is 1.14 bits per heavy atom. The maximum atomic E-state index is 5.90. The molecule has 0 aliphatic carbocycles. The fourth-order valence-corrected chi connectivity index (χ4v) is 2.68. The van der Waals surface area contributed by atoms with Crippen LogP contribution in [0.15, 0.2) is 24.3 Å². The number of para-hydroxylation sites is 1. The molecule has 1 aliphatic heterocycles. The first kappa shape index (κ1) is 17.3. The summed E-state index contributed by atoms with van der Waals surface area (Å²) >= 11 is 0. The summed E-state index contributed by atoms with van der Waals surface area (Å²) in [5, 5.41) is 0. The van der Waals surface area contributed by atoms with Crippen LogP contribution in [0.2, 0.25) is 0 Å². The average molecular weight is 308 g/mol. The molecule has 1 fully saturated rings. The summed E-state index contributed by atoms with van der Waals surface area (Å²) in [5.41, 5.74) is 1.29. The van der Waals surface area contributed by atoms with E-state index in [2.05, 4.69) is 32.0 Å². The van der Waals surface area contributed by atoms with Crippen molar-refractivity contribution in [1.29, 1.82) is 0 Å². The fourth-order valence-electron chi connectivity index (χ4n) is 2.68. The lowest BCUT2D eigenvalue weighted by atomic mass is 9.98. The molecule has 1 atom stereocenters. The largest absolute Gasteiger partial charge is 0.491 e. The van der Waals surface area contributed by atoms with Crippen molar-refractivity contribution in [3.8, 4) is 5.75 Å². The summed E-state index contributed by atoms with van der Waals surface area (Å²) in [4.78, 5) is 1.58. The van der Waals surface area contributed by atoms with E-state index in [-0.39, 0.29) is 0 Å². The van der Waals surface area contributed by atoms with Gasteiger partial charge in [0, 0.05) is 0 Å². The van der Waals surface area contributed by atoms with Crippen LogP contribution in [0, 0.1) is 0 Å². The number of quaternary nitrogens is 1. The Morgan fingerprint density at radius 2 is 1.91 bits per heavy atom. The fraction of sp³-hybridized carbons (Fsp3) is 0.667. The van der Waals surface area contributed by atoms with Crippen molar-refractivity contribution < 1.29 is 19.1 Å². The van der Waals surface area contributed by atoms with E-state index in [1.807, 2.05) is 6.07 Å². The van der Waals surface area contributed by atoms with E-state index >= 15 is 0 Å². The Kier molecular flexibility index (Phi) is 7.71. The van der Waals surface area contributed by atoms with Crippen LogP contribution in [-0.2, 0) is 9.47 Å². The highest BCUT2D eigenvalue weighted by atomic mass is 16.5. The van der Waals surface area contributed by atoms with E-state index in [1.165, 1.54) is 5.56 Å². The minimum Gasteiger partial charge on any atom is -0.491 e. The van der Waals surface area contributed by atoms with Gasteiger partial charge in [-0.15, -0.1) is 0 Å². The summed E-state index contributed by atoms with van der Waals surface area (Å²) in [6, 6.07) is 8.32. The Balaban J connectivity index is 1.62. The van der Waals surface area contributed by atoms with Gasteiger partial charge in [0.1, 0.15) is 32.0 Å². The summed E-state index contributed by atoms with van der Waals surface area (Å²) in [5.74, 6) is 1.53. The second-order valence-corrected chi connectivity index (χ2v) is 5.92. The van der Waals surface area contributed by atoms with Crippen molar-refractivity contribution in [3.63, 3.8) is 0 Å². The molecular weight excluding hydrogens is 278 g/mol. The van der Waals surface area contributed by atoms with E-state index in [0.717, 1.165) is 51.6 Å². The van der Waals surface area contributed by atoms with E-state index in [0.29, 0.717) is 19.1 Å². The SMILES string of the molecule is CC[C@H](C)c1ccccc1OCCOCC[NH+]1CCOCC1. The van der Waals surface area contributed by atoms with Crippen LogP contribution in [-0.4, -0.2) is 52.7 Å². The van der Waals surface area contributed by atoms with Crippen LogP contribution in [0.1, 0.15) is 31.7 Å². The number of nitrogens with one attached hydrogen (secondary N) is 1. The normalized spacial score (nSPS) is 17.4. The van der Waals surface area contributed by atoms with Gasteiger partial charge >= 0.3 is 0 Å². The molecule has 0 amide bonds. The standard InChI is InChI=1S/C18H29NO3/c1-3-16(2)17-6-4-5-7-18(17)22-15-14-21-13-10-19-8-11-20-12-9-19/h4-7,16H,3,8-15H2,1-2H3/p+1/t16-/m0/s1. The Bertz CT molecular complexity index is 419. The summed E-state index contributed by atoms with van der Waals surface area (Å²) in [6.07, 6.45) is 1.12. The summed E-state index contributed by atoms with van der Waals surface area (Å²) < 4.78 is 17.0. The highest BCUT2D eigenvalue weighted by Crippen LogP contribution is 2.28. The molecular formula is C18H30NO3+. The minimum atomic E-state index is 0.530. The molecule has 1 aromatic rings. The first-order valence-electron chi connectivity index (χ1n) is 8.52. The molecule has 0 unspecified atom stereocenters. The van der Waals surface area contributed by atoms with Crippen molar-refractivity contribution in [2.75, 3.05) is 52.7 Å². The smallest absolute Gasteiger partial charge is 0.122 e. The Morgan fingerprint density at radius 3 is 2.68 bits per heavy atom. The van der Waals surface area contributed by atoms with Crippen LogP contribution < -0.4 is 9.64 Å². The van der Waals surface area contributed by atoms with Gasteiger partial charge in [-0.25, -0.2) is 0 Å². The molecule has 0 radical (unpaired) electrons. The van der Waals surface area contributed by atoms with E-state index in [1.54, 1.807) is 4.90 Å². The average Bonchev–Trinajstić information content (AvgIpc) is 2.58. The quantitative estimate of drug-likeness (QED) is 0.702. The van der Waals surface area contributed by atoms with E-state index in [9.17, 15) is 0 Å². The van der Waals surface area contributed by atoms with Crippen LogP contribution in [0.25, 0.3) is 0 Å². The second kappa shape index (κ2) is 9.82. The molecule has 1 saturated heterocycles. The number of hydrogen-bond acceptors (Lipinski definition) is 3. The number of morpholine rings is 1. The van der Waals surface area contributed by atoms with Crippen molar-refractivity contribution in [2.24, 2.45) is 0 Å². The molecule has 1 heterocycles. The minimum absolute atomic E-state index is 0.530. The predicted molar refractivity (Wildman–Crippen MR) is 87.8 cm³/mol.